The Morgan fingerprint density at radius 1 is 1.32 bits per heavy atom. The zero-order chi connectivity index (χ0) is 14.0. The first-order chi connectivity index (χ1) is 9.01. The topological polar surface area (TPSA) is 39.4 Å². The van der Waals surface area contributed by atoms with E-state index >= 15 is 0 Å². The number of ether oxygens (including phenoxy) is 1. The van der Waals surface area contributed by atoms with Gasteiger partial charge in [0.05, 0.1) is 12.7 Å². The fraction of sp³-hybridized carbons (Fsp3) is 0.267. The number of Topliss-reactive ketones (excluding diaryl/α,β-unsaturated/α-hetero) is 1. The lowest BCUT2D eigenvalue weighted by molar-refractivity contribution is 0.0990. The first-order valence-corrected chi connectivity index (χ1v) is 6.73. The summed E-state index contributed by atoms with van der Waals surface area (Å²) in [5, 5.41) is 0. The molecule has 4 heteroatoms. The number of aryl methyl sites for hydroxylation is 2. The van der Waals surface area contributed by atoms with Crippen LogP contribution < -0.4 is 4.74 Å². The number of methoxy groups -OCH3 is 1. The number of hydrogen-bond acceptors (Lipinski definition) is 3. The maximum absolute atomic E-state index is 12.3. The standard InChI is InChI=1S/C15H15BrO3/c1-9-6-13(10(2)19-9)14(17)8-11-7-12(16)4-5-15(11)18-3/h4-7H,8H2,1-3H3. The zero-order valence-corrected chi connectivity index (χ0v) is 12.7. The summed E-state index contributed by atoms with van der Waals surface area (Å²) in [6, 6.07) is 7.42. The molecule has 2 aromatic rings. The molecule has 0 spiro atoms. The fourth-order valence-electron chi connectivity index (χ4n) is 2.06. The van der Waals surface area contributed by atoms with Gasteiger partial charge in [-0.25, -0.2) is 0 Å². The first-order valence-electron chi connectivity index (χ1n) is 5.94. The van der Waals surface area contributed by atoms with Crippen molar-refractivity contribution in [1.29, 1.82) is 0 Å². The highest BCUT2D eigenvalue weighted by atomic mass is 79.9. The third-order valence-corrected chi connectivity index (χ3v) is 3.43. The minimum Gasteiger partial charge on any atom is -0.496 e. The summed E-state index contributed by atoms with van der Waals surface area (Å²) in [6.45, 7) is 3.64. The number of rotatable bonds is 4. The number of furan rings is 1. The summed E-state index contributed by atoms with van der Waals surface area (Å²) in [5.41, 5.74) is 1.50. The second kappa shape index (κ2) is 5.61. The Bertz CT molecular complexity index is 614. The van der Waals surface area contributed by atoms with E-state index in [2.05, 4.69) is 15.9 Å². The molecule has 0 fully saturated rings. The average molecular weight is 323 g/mol. The molecule has 1 heterocycles. The average Bonchev–Trinajstić information content (AvgIpc) is 2.69. The van der Waals surface area contributed by atoms with Crippen molar-refractivity contribution in [2.24, 2.45) is 0 Å². The summed E-state index contributed by atoms with van der Waals surface area (Å²) in [7, 11) is 1.60. The third kappa shape index (κ3) is 3.07. The lowest BCUT2D eigenvalue weighted by atomic mass is 10.0. The third-order valence-electron chi connectivity index (χ3n) is 2.93. The van der Waals surface area contributed by atoms with E-state index in [9.17, 15) is 4.79 Å². The molecule has 0 atom stereocenters. The first kappa shape index (κ1) is 13.9. The van der Waals surface area contributed by atoms with Crippen LogP contribution in [0.5, 0.6) is 5.75 Å². The quantitative estimate of drug-likeness (QED) is 0.796. The van der Waals surface area contributed by atoms with Gasteiger partial charge in [-0.1, -0.05) is 15.9 Å². The van der Waals surface area contributed by atoms with Gasteiger partial charge in [-0.3, -0.25) is 4.79 Å². The molecule has 1 aromatic carbocycles. The SMILES string of the molecule is COc1ccc(Br)cc1CC(=O)c1cc(C)oc1C. The Labute approximate surface area is 120 Å². The lowest BCUT2D eigenvalue weighted by Gasteiger charge is -2.08. The van der Waals surface area contributed by atoms with Gasteiger partial charge in [-0.15, -0.1) is 0 Å². The fourth-order valence-corrected chi connectivity index (χ4v) is 2.47. The van der Waals surface area contributed by atoms with E-state index < -0.39 is 0 Å². The predicted molar refractivity (Wildman–Crippen MR) is 76.9 cm³/mol. The number of carbonyl (C=O) groups is 1. The molecule has 0 saturated heterocycles. The van der Waals surface area contributed by atoms with Gasteiger partial charge in [0.25, 0.3) is 0 Å². The highest BCUT2D eigenvalue weighted by Crippen LogP contribution is 2.25. The second-order valence-corrected chi connectivity index (χ2v) is 5.30. The highest BCUT2D eigenvalue weighted by Gasteiger charge is 2.16. The van der Waals surface area contributed by atoms with Crippen LogP contribution in [-0.2, 0) is 6.42 Å². The van der Waals surface area contributed by atoms with Crippen LogP contribution in [0.1, 0.15) is 27.4 Å². The zero-order valence-electron chi connectivity index (χ0n) is 11.1. The van der Waals surface area contributed by atoms with Crippen LogP contribution in [0.3, 0.4) is 0 Å². The van der Waals surface area contributed by atoms with Crippen LogP contribution in [-0.4, -0.2) is 12.9 Å². The van der Waals surface area contributed by atoms with Gasteiger partial charge in [0.1, 0.15) is 17.3 Å². The number of halogens is 1. The number of ketones is 1. The van der Waals surface area contributed by atoms with Crippen molar-refractivity contribution >= 4 is 21.7 Å². The Kier molecular flexibility index (Phi) is 4.10. The van der Waals surface area contributed by atoms with Crippen molar-refractivity contribution in [3.63, 3.8) is 0 Å². The monoisotopic (exact) mass is 322 g/mol. The molecule has 0 N–H and O–H groups in total. The Hall–Kier alpha value is -1.55. The van der Waals surface area contributed by atoms with Crippen LogP contribution in [0.15, 0.2) is 33.2 Å². The van der Waals surface area contributed by atoms with E-state index in [1.54, 1.807) is 20.1 Å². The molecule has 0 radical (unpaired) electrons. The van der Waals surface area contributed by atoms with Crippen molar-refractivity contribution in [2.75, 3.05) is 7.11 Å². The molecule has 0 aliphatic heterocycles. The number of hydrogen-bond donors (Lipinski definition) is 0. The number of benzene rings is 1. The highest BCUT2D eigenvalue weighted by molar-refractivity contribution is 9.10. The maximum Gasteiger partial charge on any atom is 0.170 e. The summed E-state index contributed by atoms with van der Waals surface area (Å²) >= 11 is 3.40. The predicted octanol–water partition coefficient (Wildman–Crippen LogP) is 4.09. The van der Waals surface area contributed by atoms with E-state index in [0.717, 1.165) is 21.5 Å². The van der Waals surface area contributed by atoms with Crippen molar-refractivity contribution in [3.8, 4) is 5.75 Å². The van der Waals surface area contributed by atoms with Gasteiger partial charge >= 0.3 is 0 Å². The minimum atomic E-state index is 0.0331. The van der Waals surface area contributed by atoms with Crippen molar-refractivity contribution in [1.82, 2.24) is 0 Å². The summed E-state index contributed by atoms with van der Waals surface area (Å²) in [6.07, 6.45) is 0.294. The van der Waals surface area contributed by atoms with E-state index in [4.69, 9.17) is 9.15 Å². The van der Waals surface area contributed by atoms with Crippen LogP contribution in [0.2, 0.25) is 0 Å². The van der Waals surface area contributed by atoms with Gasteiger partial charge in [0, 0.05) is 16.5 Å². The maximum atomic E-state index is 12.3. The molecule has 0 unspecified atom stereocenters. The lowest BCUT2D eigenvalue weighted by Crippen LogP contribution is -2.05. The minimum absolute atomic E-state index is 0.0331. The molecular formula is C15H15BrO3. The van der Waals surface area contributed by atoms with Gasteiger partial charge in [-0.2, -0.15) is 0 Å². The van der Waals surface area contributed by atoms with Crippen molar-refractivity contribution in [3.05, 3.63) is 51.4 Å². The summed E-state index contributed by atoms with van der Waals surface area (Å²) in [5.74, 6) is 2.17. The molecule has 0 bridgehead atoms. The Balaban J connectivity index is 2.28. The molecule has 0 saturated carbocycles. The van der Waals surface area contributed by atoms with Gasteiger partial charge < -0.3 is 9.15 Å². The molecule has 19 heavy (non-hydrogen) atoms. The Morgan fingerprint density at radius 3 is 2.63 bits per heavy atom. The molecule has 0 amide bonds. The van der Waals surface area contributed by atoms with E-state index in [1.807, 2.05) is 25.1 Å². The van der Waals surface area contributed by atoms with E-state index in [-0.39, 0.29) is 5.78 Å². The molecule has 100 valence electrons. The molecule has 0 aliphatic rings. The van der Waals surface area contributed by atoms with Gasteiger partial charge in [0.2, 0.25) is 0 Å². The van der Waals surface area contributed by atoms with Crippen LogP contribution in [0, 0.1) is 13.8 Å². The van der Waals surface area contributed by atoms with E-state index in [1.165, 1.54) is 0 Å². The largest absolute Gasteiger partial charge is 0.496 e. The van der Waals surface area contributed by atoms with Gasteiger partial charge in [0.15, 0.2) is 5.78 Å². The Morgan fingerprint density at radius 2 is 2.05 bits per heavy atom. The van der Waals surface area contributed by atoms with Gasteiger partial charge in [-0.05, 0) is 38.1 Å². The smallest absolute Gasteiger partial charge is 0.170 e. The normalized spacial score (nSPS) is 10.5. The van der Waals surface area contributed by atoms with Crippen LogP contribution >= 0.6 is 15.9 Å². The molecule has 0 aliphatic carbocycles. The molecule has 3 nitrogen and oxygen atoms in total. The summed E-state index contributed by atoms with van der Waals surface area (Å²) < 4.78 is 11.6. The van der Waals surface area contributed by atoms with E-state index in [0.29, 0.717) is 17.7 Å². The molecular weight excluding hydrogens is 308 g/mol. The van der Waals surface area contributed by atoms with Crippen molar-refractivity contribution in [2.45, 2.75) is 20.3 Å². The summed E-state index contributed by atoms with van der Waals surface area (Å²) in [4.78, 5) is 12.3. The molecule has 1 aromatic heterocycles. The van der Waals surface area contributed by atoms with Crippen LogP contribution in [0.25, 0.3) is 0 Å². The van der Waals surface area contributed by atoms with Crippen molar-refractivity contribution < 1.29 is 13.9 Å². The van der Waals surface area contributed by atoms with Crippen LogP contribution in [0.4, 0.5) is 0 Å². The molecule has 2 rings (SSSR count). The number of carbonyl (C=O) groups excluding carboxylic acids is 1. The second-order valence-electron chi connectivity index (χ2n) is 4.38.